The summed E-state index contributed by atoms with van der Waals surface area (Å²) in [6, 6.07) is 8.56. The lowest BCUT2D eigenvalue weighted by molar-refractivity contribution is 0.318. The van der Waals surface area contributed by atoms with Gasteiger partial charge < -0.3 is 20.4 Å². The van der Waals surface area contributed by atoms with E-state index in [4.69, 9.17) is 32.0 Å². The third-order valence-electron chi connectivity index (χ3n) is 2.59. The Labute approximate surface area is 126 Å². The second-order valence-electron chi connectivity index (χ2n) is 3.97. The Hall–Kier alpha value is -2.47. The summed E-state index contributed by atoms with van der Waals surface area (Å²) in [6.45, 7) is 2.50. The maximum absolute atomic E-state index is 8.70. The topological polar surface area (TPSA) is 90.0 Å². The SMILES string of the molecule is CCOc1ccc(Oc2nccc(/C(N)=N/O)c2Cl)cc1. The number of amidine groups is 1. The quantitative estimate of drug-likeness (QED) is 0.383. The monoisotopic (exact) mass is 307 g/mol. The van der Waals surface area contributed by atoms with E-state index in [9.17, 15) is 0 Å². The van der Waals surface area contributed by atoms with Crippen molar-refractivity contribution in [3.63, 3.8) is 0 Å². The predicted molar refractivity (Wildman–Crippen MR) is 79.4 cm³/mol. The molecule has 0 fully saturated rings. The normalized spacial score (nSPS) is 11.2. The summed E-state index contributed by atoms with van der Waals surface area (Å²) in [4.78, 5) is 4.03. The number of ether oxygens (including phenoxy) is 2. The van der Waals surface area contributed by atoms with Crippen LogP contribution in [0.5, 0.6) is 17.4 Å². The minimum atomic E-state index is -0.112. The highest BCUT2D eigenvalue weighted by Gasteiger charge is 2.13. The minimum Gasteiger partial charge on any atom is -0.494 e. The summed E-state index contributed by atoms with van der Waals surface area (Å²) in [5.41, 5.74) is 5.87. The van der Waals surface area contributed by atoms with Crippen molar-refractivity contribution in [1.82, 2.24) is 4.98 Å². The van der Waals surface area contributed by atoms with E-state index in [-0.39, 0.29) is 16.7 Å². The number of pyridine rings is 1. The Kier molecular flexibility index (Phi) is 4.84. The van der Waals surface area contributed by atoms with Crippen molar-refractivity contribution in [2.45, 2.75) is 6.92 Å². The average Bonchev–Trinajstić information content (AvgIpc) is 2.51. The zero-order valence-corrected chi connectivity index (χ0v) is 12.0. The van der Waals surface area contributed by atoms with Gasteiger partial charge in [-0.15, -0.1) is 0 Å². The van der Waals surface area contributed by atoms with Crippen molar-refractivity contribution in [2.24, 2.45) is 10.9 Å². The van der Waals surface area contributed by atoms with Crippen LogP contribution < -0.4 is 15.2 Å². The zero-order chi connectivity index (χ0) is 15.2. The van der Waals surface area contributed by atoms with Crippen molar-refractivity contribution >= 4 is 17.4 Å². The maximum atomic E-state index is 8.70. The molecule has 7 heteroatoms. The lowest BCUT2D eigenvalue weighted by Crippen LogP contribution is -2.14. The summed E-state index contributed by atoms with van der Waals surface area (Å²) in [5, 5.41) is 11.8. The van der Waals surface area contributed by atoms with Crippen LogP contribution in [-0.4, -0.2) is 22.6 Å². The lowest BCUT2D eigenvalue weighted by Gasteiger charge is -2.09. The molecule has 2 rings (SSSR count). The van der Waals surface area contributed by atoms with Crippen molar-refractivity contribution < 1.29 is 14.7 Å². The highest BCUT2D eigenvalue weighted by molar-refractivity contribution is 6.35. The van der Waals surface area contributed by atoms with Crippen molar-refractivity contribution in [2.75, 3.05) is 6.61 Å². The van der Waals surface area contributed by atoms with Crippen LogP contribution in [0.4, 0.5) is 0 Å². The second kappa shape index (κ2) is 6.81. The minimum absolute atomic E-state index is 0.112. The average molecular weight is 308 g/mol. The molecule has 0 bridgehead atoms. The molecule has 0 aliphatic rings. The molecule has 110 valence electrons. The third kappa shape index (κ3) is 3.55. The Morgan fingerprint density at radius 3 is 2.57 bits per heavy atom. The largest absolute Gasteiger partial charge is 0.494 e. The first-order valence-corrected chi connectivity index (χ1v) is 6.56. The molecule has 0 unspecified atom stereocenters. The molecule has 21 heavy (non-hydrogen) atoms. The number of rotatable bonds is 5. The second-order valence-corrected chi connectivity index (χ2v) is 4.35. The Morgan fingerprint density at radius 1 is 1.29 bits per heavy atom. The van der Waals surface area contributed by atoms with Gasteiger partial charge in [0.15, 0.2) is 5.84 Å². The molecule has 0 aliphatic heterocycles. The molecule has 3 N–H and O–H groups in total. The van der Waals surface area contributed by atoms with Gasteiger partial charge in [-0.2, -0.15) is 0 Å². The van der Waals surface area contributed by atoms with Gasteiger partial charge in [0.05, 0.1) is 6.61 Å². The van der Waals surface area contributed by atoms with E-state index in [1.807, 2.05) is 6.92 Å². The van der Waals surface area contributed by atoms with Crippen LogP contribution in [0.3, 0.4) is 0 Å². The van der Waals surface area contributed by atoms with Gasteiger partial charge in [0, 0.05) is 11.8 Å². The molecule has 0 saturated carbocycles. The number of halogens is 1. The number of benzene rings is 1. The number of oxime groups is 1. The highest BCUT2D eigenvalue weighted by Crippen LogP contribution is 2.30. The maximum Gasteiger partial charge on any atom is 0.238 e. The van der Waals surface area contributed by atoms with E-state index >= 15 is 0 Å². The van der Waals surface area contributed by atoms with Gasteiger partial charge in [0.1, 0.15) is 16.5 Å². The fourth-order valence-corrected chi connectivity index (χ4v) is 1.88. The van der Waals surface area contributed by atoms with Crippen LogP contribution in [0, 0.1) is 0 Å². The molecule has 1 heterocycles. The molecular formula is C14H14ClN3O3. The highest BCUT2D eigenvalue weighted by atomic mass is 35.5. The van der Waals surface area contributed by atoms with Gasteiger partial charge in [-0.1, -0.05) is 16.8 Å². The molecule has 0 aliphatic carbocycles. The van der Waals surface area contributed by atoms with Gasteiger partial charge in [-0.3, -0.25) is 0 Å². The van der Waals surface area contributed by atoms with Crippen LogP contribution in [0.25, 0.3) is 0 Å². The number of aromatic nitrogens is 1. The molecule has 6 nitrogen and oxygen atoms in total. The number of nitrogens with two attached hydrogens (primary N) is 1. The van der Waals surface area contributed by atoms with Crippen LogP contribution >= 0.6 is 11.6 Å². The molecule has 0 radical (unpaired) electrons. The van der Waals surface area contributed by atoms with Gasteiger partial charge in [0.25, 0.3) is 0 Å². The summed E-state index contributed by atoms with van der Waals surface area (Å²) < 4.78 is 10.9. The zero-order valence-electron chi connectivity index (χ0n) is 11.3. The fourth-order valence-electron chi connectivity index (χ4n) is 1.63. The van der Waals surface area contributed by atoms with Gasteiger partial charge >= 0.3 is 0 Å². The molecule has 1 aromatic heterocycles. The molecule has 0 amide bonds. The molecule has 1 aromatic carbocycles. The van der Waals surface area contributed by atoms with Gasteiger partial charge in [-0.25, -0.2) is 4.98 Å². The predicted octanol–water partition coefficient (Wildman–Crippen LogP) is 3.02. The van der Waals surface area contributed by atoms with E-state index in [0.29, 0.717) is 17.9 Å². The summed E-state index contributed by atoms with van der Waals surface area (Å²) in [5.74, 6) is 1.35. The standard InChI is InChI=1S/C14H14ClN3O3/c1-2-20-9-3-5-10(6-4-9)21-14-12(15)11(7-8-17-14)13(16)18-19/h3-8,19H,2H2,1H3,(H2,16,18). The van der Waals surface area contributed by atoms with E-state index in [1.54, 1.807) is 24.3 Å². The number of hydrogen-bond acceptors (Lipinski definition) is 5. The van der Waals surface area contributed by atoms with E-state index in [2.05, 4.69) is 10.1 Å². The first-order chi connectivity index (χ1) is 10.2. The van der Waals surface area contributed by atoms with Gasteiger partial charge in [0.2, 0.25) is 5.88 Å². The molecule has 0 spiro atoms. The van der Waals surface area contributed by atoms with Crippen molar-refractivity contribution in [3.8, 4) is 17.4 Å². The number of hydrogen-bond donors (Lipinski definition) is 2. The summed E-state index contributed by atoms with van der Waals surface area (Å²) in [6.07, 6.45) is 1.46. The van der Waals surface area contributed by atoms with Gasteiger partial charge in [-0.05, 0) is 37.3 Å². The Morgan fingerprint density at radius 2 is 1.95 bits per heavy atom. The van der Waals surface area contributed by atoms with E-state index in [1.165, 1.54) is 12.3 Å². The van der Waals surface area contributed by atoms with Crippen LogP contribution in [-0.2, 0) is 0 Å². The van der Waals surface area contributed by atoms with Crippen LogP contribution in [0.15, 0.2) is 41.7 Å². The number of nitrogens with zero attached hydrogens (tertiary/aromatic N) is 2. The van der Waals surface area contributed by atoms with Crippen LogP contribution in [0.2, 0.25) is 5.02 Å². The first kappa shape index (κ1) is 14.9. The van der Waals surface area contributed by atoms with E-state index < -0.39 is 0 Å². The summed E-state index contributed by atoms with van der Waals surface area (Å²) in [7, 11) is 0. The lowest BCUT2D eigenvalue weighted by atomic mass is 10.2. The molecule has 2 aromatic rings. The molecule has 0 saturated heterocycles. The van der Waals surface area contributed by atoms with Crippen LogP contribution in [0.1, 0.15) is 12.5 Å². The molecule has 0 atom stereocenters. The van der Waals surface area contributed by atoms with E-state index in [0.717, 1.165) is 5.75 Å². The first-order valence-electron chi connectivity index (χ1n) is 6.18. The Balaban J connectivity index is 2.23. The Bertz CT molecular complexity index is 644. The fraction of sp³-hybridized carbons (Fsp3) is 0.143. The van der Waals surface area contributed by atoms with Crippen molar-refractivity contribution in [3.05, 3.63) is 47.1 Å². The molecular weight excluding hydrogens is 294 g/mol. The van der Waals surface area contributed by atoms with Crippen molar-refractivity contribution in [1.29, 1.82) is 0 Å². The third-order valence-corrected chi connectivity index (χ3v) is 2.96. The smallest absolute Gasteiger partial charge is 0.238 e. The summed E-state index contributed by atoms with van der Waals surface area (Å²) >= 11 is 6.13.